The number of hydrogen-bond acceptors (Lipinski definition) is 3. The summed E-state index contributed by atoms with van der Waals surface area (Å²) in [4.78, 5) is 12.2. The number of rotatable bonds is 1. The third-order valence-electron chi connectivity index (χ3n) is 2.96. The van der Waals surface area contributed by atoms with Crippen molar-refractivity contribution in [2.24, 2.45) is 0 Å². The lowest BCUT2D eigenvalue weighted by Crippen LogP contribution is -2.51. The van der Waals surface area contributed by atoms with Gasteiger partial charge in [0.15, 0.2) is 0 Å². The van der Waals surface area contributed by atoms with E-state index in [0.29, 0.717) is 21.6 Å². The van der Waals surface area contributed by atoms with Crippen molar-refractivity contribution in [2.75, 3.05) is 15.5 Å². The number of carbonyl (C=O) groups excluding carboxylic acids is 1. The number of amides is 2. The highest BCUT2D eigenvalue weighted by Gasteiger charge is 2.32. The van der Waals surface area contributed by atoms with Crippen LogP contribution in [0.2, 0.25) is 15.1 Å². The first-order valence-corrected chi connectivity index (χ1v) is 6.96. The molecule has 5 nitrogen and oxygen atoms in total. The molecule has 0 bridgehead atoms. The van der Waals surface area contributed by atoms with Crippen molar-refractivity contribution >= 4 is 57.9 Å². The summed E-state index contributed by atoms with van der Waals surface area (Å²) in [6, 6.07) is 8.98. The minimum absolute atomic E-state index is 0.254. The Balaban J connectivity index is 2.11. The van der Waals surface area contributed by atoms with Gasteiger partial charge in [0.05, 0.1) is 26.4 Å². The third-order valence-corrected chi connectivity index (χ3v) is 4.00. The Bertz CT molecular complexity index is 739. The SMILES string of the molecule is O=C1Nc2cc(Cl)c(Cl)cc2N(O)N1c1ccccc1Cl. The van der Waals surface area contributed by atoms with E-state index in [1.165, 1.54) is 12.1 Å². The highest BCUT2D eigenvalue weighted by molar-refractivity contribution is 6.42. The van der Waals surface area contributed by atoms with Crippen LogP contribution in [0.3, 0.4) is 0 Å². The molecule has 3 rings (SSSR count). The summed E-state index contributed by atoms with van der Waals surface area (Å²) in [6.45, 7) is 0. The van der Waals surface area contributed by atoms with E-state index in [9.17, 15) is 10.0 Å². The van der Waals surface area contributed by atoms with E-state index in [1.54, 1.807) is 24.3 Å². The minimum Gasteiger partial charge on any atom is -0.304 e. The van der Waals surface area contributed by atoms with Gasteiger partial charge in [-0.05, 0) is 24.3 Å². The Labute approximate surface area is 135 Å². The molecule has 21 heavy (non-hydrogen) atoms. The molecule has 0 atom stereocenters. The van der Waals surface area contributed by atoms with Gasteiger partial charge in [-0.15, -0.1) is 0 Å². The van der Waals surface area contributed by atoms with Gasteiger partial charge in [0.2, 0.25) is 0 Å². The zero-order chi connectivity index (χ0) is 15.1. The van der Waals surface area contributed by atoms with Crippen molar-refractivity contribution < 1.29 is 10.0 Å². The fourth-order valence-electron chi connectivity index (χ4n) is 2.00. The molecule has 0 saturated carbocycles. The van der Waals surface area contributed by atoms with Crippen LogP contribution in [-0.4, -0.2) is 11.2 Å². The summed E-state index contributed by atoms with van der Waals surface area (Å²) in [7, 11) is 0. The molecule has 2 aromatic rings. The molecule has 2 amide bonds. The Morgan fingerprint density at radius 1 is 0.952 bits per heavy atom. The number of para-hydroxylation sites is 1. The predicted molar refractivity (Wildman–Crippen MR) is 83.7 cm³/mol. The van der Waals surface area contributed by atoms with Gasteiger partial charge in [-0.25, -0.2) is 4.79 Å². The van der Waals surface area contributed by atoms with Crippen LogP contribution in [0.25, 0.3) is 0 Å². The predicted octanol–water partition coefficient (Wildman–Crippen LogP) is 4.81. The minimum atomic E-state index is -0.573. The van der Waals surface area contributed by atoms with Crippen molar-refractivity contribution in [1.29, 1.82) is 0 Å². The highest BCUT2D eigenvalue weighted by atomic mass is 35.5. The zero-order valence-corrected chi connectivity index (χ0v) is 12.6. The van der Waals surface area contributed by atoms with Gasteiger partial charge in [-0.3, -0.25) is 5.21 Å². The maximum Gasteiger partial charge on any atom is 0.347 e. The molecule has 0 unspecified atom stereocenters. The molecule has 8 heteroatoms. The van der Waals surface area contributed by atoms with Crippen LogP contribution in [0.15, 0.2) is 36.4 Å². The molecule has 0 spiro atoms. The first kappa shape index (κ1) is 14.3. The summed E-state index contributed by atoms with van der Waals surface area (Å²) in [5, 5.41) is 15.5. The Morgan fingerprint density at radius 2 is 1.62 bits per heavy atom. The number of carbonyl (C=O) groups is 1. The smallest absolute Gasteiger partial charge is 0.304 e. The number of fused-ring (bicyclic) bond motifs is 1. The number of halogens is 3. The van der Waals surface area contributed by atoms with E-state index < -0.39 is 6.03 Å². The van der Waals surface area contributed by atoms with E-state index in [1.807, 2.05) is 0 Å². The molecule has 0 aromatic heterocycles. The van der Waals surface area contributed by atoms with Gasteiger partial charge in [0, 0.05) is 0 Å². The Hall–Kier alpha value is -1.66. The second-order valence-corrected chi connectivity index (χ2v) is 5.49. The quantitative estimate of drug-likeness (QED) is 0.780. The summed E-state index contributed by atoms with van der Waals surface area (Å²) >= 11 is 17.9. The second-order valence-electron chi connectivity index (χ2n) is 4.27. The average molecular weight is 345 g/mol. The molecule has 2 N–H and O–H groups in total. The molecule has 0 fully saturated rings. The number of benzene rings is 2. The van der Waals surface area contributed by atoms with Gasteiger partial charge < -0.3 is 5.32 Å². The van der Waals surface area contributed by atoms with Crippen LogP contribution in [-0.2, 0) is 0 Å². The molecule has 108 valence electrons. The molecule has 1 heterocycles. The van der Waals surface area contributed by atoms with Crippen molar-refractivity contribution in [2.45, 2.75) is 0 Å². The number of urea groups is 1. The number of nitrogens with zero attached hydrogens (tertiary/aromatic N) is 2. The maximum atomic E-state index is 12.2. The standard InChI is InChI=1S/C13H8Cl3N3O2/c14-7-3-1-2-4-11(7)18-13(20)17-10-5-8(15)9(16)6-12(10)19(18)21/h1-6,21H,(H,17,20). The number of hydrogen-bond donors (Lipinski definition) is 2. The van der Waals surface area contributed by atoms with Crippen molar-refractivity contribution in [3.63, 3.8) is 0 Å². The monoisotopic (exact) mass is 343 g/mol. The molecular formula is C13H8Cl3N3O2. The summed E-state index contributed by atoms with van der Waals surface area (Å²) in [6.07, 6.45) is 0. The van der Waals surface area contributed by atoms with E-state index in [4.69, 9.17) is 34.8 Å². The number of hydrazine groups is 1. The van der Waals surface area contributed by atoms with Gasteiger partial charge in [-0.1, -0.05) is 46.9 Å². The average Bonchev–Trinajstić information content (AvgIpc) is 2.43. The third kappa shape index (κ3) is 2.38. The van der Waals surface area contributed by atoms with Gasteiger partial charge in [0.25, 0.3) is 0 Å². The van der Waals surface area contributed by atoms with Crippen LogP contribution < -0.4 is 15.5 Å². The van der Waals surface area contributed by atoms with Crippen molar-refractivity contribution in [1.82, 2.24) is 0 Å². The van der Waals surface area contributed by atoms with Gasteiger partial charge >= 0.3 is 6.03 Å². The van der Waals surface area contributed by atoms with Crippen LogP contribution in [0, 0.1) is 0 Å². The van der Waals surface area contributed by atoms with E-state index in [0.717, 1.165) is 5.01 Å². The number of nitrogens with one attached hydrogen (secondary N) is 1. The first-order chi connectivity index (χ1) is 9.99. The molecule has 2 aromatic carbocycles. The second kappa shape index (κ2) is 5.27. The number of anilines is 3. The van der Waals surface area contributed by atoms with Crippen LogP contribution in [0.1, 0.15) is 0 Å². The molecule has 0 saturated heterocycles. The topological polar surface area (TPSA) is 55.8 Å². The van der Waals surface area contributed by atoms with Crippen LogP contribution in [0.5, 0.6) is 0 Å². The molecule has 1 aliphatic rings. The van der Waals surface area contributed by atoms with Crippen LogP contribution >= 0.6 is 34.8 Å². The normalized spacial score (nSPS) is 14.0. The lowest BCUT2D eigenvalue weighted by molar-refractivity contribution is 0.221. The Kier molecular flexibility index (Phi) is 3.59. The lowest BCUT2D eigenvalue weighted by atomic mass is 10.2. The molecule has 0 aliphatic carbocycles. The maximum absolute atomic E-state index is 12.2. The van der Waals surface area contributed by atoms with Gasteiger partial charge in [-0.2, -0.15) is 10.2 Å². The molecular weight excluding hydrogens is 337 g/mol. The zero-order valence-electron chi connectivity index (χ0n) is 10.3. The van der Waals surface area contributed by atoms with E-state index >= 15 is 0 Å². The highest BCUT2D eigenvalue weighted by Crippen LogP contribution is 2.39. The molecule has 0 radical (unpaired) electrons. The van der Waals surface area contributed by atoms with Crippen molar-refractivity contribution in [3.05, 3.63) is 51.5 Å². The van der Waals surface area contributed by atoms with E-state index in [2.05, 4.69) is 5.32 Å². The van der Waals surface area contributed by atoms with Gasteiger partial charge in [0.1, 0.15) is 5.69 Å². The van der Waals surface area contributed by atoms with E-state index in [-0.39, 0.29) is 15.7 Å². The summed E-state index contributed by atoms with van der Waals surface area (Å²) < 4.78 is 0. The fraction of sp³-hybridized carbons (Fsp3) is 0. The van der Waals surface area contributed by atoms with Crippen LogP contribution in [0.4, 0.5) is 21.9 Å². The lowest BCUT2D eigenvalue weighted by Gasteiger charge is -2.36. The summed E-state index contributed by atoms with van der Waals surface area (Å²) in [5.74, 6) is 0. The summed E-state index contributed by atoms with van der Waals surface area (Å²) in [5.41, 5.74) is 0.958. The first-order valence-electron chi connectivity index (χ1n) is 5.82. The largest absolute Gasteiger partial charge is 0.347 e. The molecule has 1 aliphatic heterocycles. The fourth-order valence-corrected chi connectivity index (χ4v) is 2.54. The van der Waals surface area contributed by atoms with Crippen molar-refractivity contribution in [3.8, 4) is 0 Å². The Morgan fingerprint density at radius 3 is 2.33 bits per heavy atom.